The van der Waals surface area contributed by atoms with Gasteiger partial charge < -0.3 is 14.4 Å². The van der Waals surface area contributed by atoms with Gasteiger partial charge in [0.15, 0.2) is 0 Å². The molecule has 1 amide bonds. The number of nitrogens with zero attached hydrogens (tertiary/aromatic N) is 1. The molecule has 0 N–H and O–H groups in total. The van der Waals surface area contributed by atoms with E-state index >= 15 is 0 Å². The molecule has 0 aromatic carbocycles. The molecule has 0 saturated carbocycles. The fourth-order valence-electron chi connectivity index (χ4n) is 1.72. The lowest BCUT2D eigenvalue weighted by Crippen LogP contribution is -2.18. The van der Waals surface area contributed by atoms with E-state index in [9.17, 15) is 9.59 Å². The summed E-state index contributed by atoms with van der Waals surface area (Å²) in [5.41, 5.74) is 0. The van der Waals surface area contributed by atoms with Crippen LogP contribution in [0.25, 0.3) is 0 Å². The molecule has 1 unspecified atom stereocenters. The number of carbonyl (C=O) groups excluding carboxylic acids is 2. The minimum atomic E-state index is -0.211. The van der Waals surface area contributed by atoms with E-state index in [0.717, 1.165) is 13.0 Å². The van der Waals surface area contributed by atoms with Crippen LogP contribution in [0.4, 0.5) is 4.79 Å². The van der Waals surface area contributed by atoms with E-state index in [-0.39, 0.29) is 30.2 Å². The number of esters is 1. The zero-order chi connectivity index (χ0) is 14.3. The van der Waals surface area contributed by atoms with Crippen molar-refractivity contribution in [3.05, 3.63) is 0 Å². The molecule has 106 valence electrons. The van der Waals surface area contributed by atoms with Crippen LogP contribution in [0.15, 0.2) is 0 Å². The predicted molar refractivity (Wildman–Crippen MR) is 69.3 cm³/mol. The van der Waals surface area contributed by atoms with E-state index in [1.54, 1.807) is 11.9 Å². The highest BCUT2D eigenvalue weighted by Crippen LogP contribution is 2.18. The van der Waals surface area contributed by atoms with Crippen molar-refractivity contribution in [2.24, 2.45) is 5.92 Å². The number of amides is 1. The first-order valence-corrected chi connectivity index (χ1v) is 6.52. The number of hydrogen-bond donors (Lipinski definition) is 0. The molecule has 2 fully saturated rings. The third-order valence-electron chi connectivity index (χ3n) is 2.55. The van der Waals surface area contributed by atoms with Crippen molar-refractivity contribution < 1.29 is 19.1 Å². The lowest BCUT2D eigenvalue weighted by molar-refractivity contribution is -0.143. The molecule has 18 heavy (non-hydrogen) atoms. The average molecular weight is 259 g/mol. The fourth-order valence-corrected chi connectivity index (χ4v) is 1.72. The van der Waals surface area contributed by atoms with Crippen LogP contribution in [0.3, 0.4) is 0 Å². The van der Waals surface area contributed by atoms with Gasteiger partial charge in [0.2, 0.25) is 0 Å². The van der Waals surface area contributed by atoms with E-state index < -0.39 is 0 Å². The van der Waals surface area contributed by atoms with Gasteiger partial charge in [0.25, 0.3) is 0 Å². The third-order valence-corrected chi connectivity index (χ3v) is 2.55. The first-order valence-electron chi connectivity index (χ1n) is 6.52. The maximum absolute atomic E-state index is 10.6. The second-order valence-corrected chi connectivity index (χ2v) is 4.46. The van der Waals surface area contributed by atoms with Gasteiger partial charge in [0.05, 0.1) is 18.6 Å². The van der Waals surface area contributed by atoms with Crippen LogP contribution in [0.5, 0.6) is 0 Å². The van der Waals surface area contributed by atoms with Gasteiger partial charge in [0, 0.05) is 7.05 Å². The predicted octanol–water partition coefficient (Wildman–Crippen LogP) is 2.44. The minimum absolute atomic E-state index is 0.0440. The maximum Gasteiger partial charge on any atom is 0.409 e. The van der Waals surface area contributed by atoms with Crippen molar-refractivity contribution in [2.45, 2.75) is 53.2 Å². The van der Waals surface area contributed by atoms with Crippen LogP contribution in [-0.2, 0) is 14.3 Å². The number of ether oxygens (including phenoxy) is 2. The number of cyclic esters (lactones) is 2. The van der Waals surface area contributed by atoms with Crippen molar-refractivity contribution in [1.29, 1.82) is 0 Å². The van der Waals surface area contributed by atoms with Crippen molar-refractivity contribution in [2.75, 3.05) is 13.6 Å². The topological polar surface area (TPSA) is 55.8 Å². The quantitative estimate of drug-likeness (QED) is 0.627. The Kier molecular flexibility index (Phi) is 7.39. The smallest absolute Gasteiger partial charge is 0.409 e. The summed E-state index contributed by atoms with van der Waals surface area (Å²) in [5, 5.41) is 0. The number of carbonyl (C=O) groups is 2. The standard InChI is InChI=1S/C6H10O2.C5H9NO2.C2H6/c1-4-3-5(2)8-6(4)7;1-4-3-6(2)5(7)8-4;1-2/h4-5H,3H2,1-2H3;4H,3H2,1-2H3;1-2H3/t4?,5-;4-;/m00./s1. The van der Waals surface area contributed by atoms with Crippen LogP contribution in [-0.4, -0.2) is 42.8 Å². The molecule has 0 bridgehead atoms. The summed E-state index contributed by atoms with van der Waals surface area (Å²) >= 11 is 0. The van der Waals surface area contributed by atoms with Crippen LogP contribution < -0.4 is 0 Å². The molecule has 0 radical (unpaired) electrons. The Balaban J connectivity index is 0.000000283. The molecular formula is C13H25NO4. The summed E-state index contributed by atoms with van der Waals surface area (Å²) in [6, 6.07) is 0. The molecule has 5 nitrogen and oxygen atoms in total. The highest BCUT2D eigenvalue weighted by molar-refractivity contribution is 5.74. The van der Waals surface area contributed by atoms with Gasteiger partial charge in [-0.2, -0.15) is 0 Å². The normalized spacial score (nSPS) is 29.7. The third kappa shape index (κ3) is 5.38. The van der Waals surface area contributed by atoms with Crippen molar-refractivity contribution in [1.82, 2.24) is 4.90 Å². The molecule has 0 aliphatic carbocycles. The second kappa shape index (κ2) is 7.95. The van der Waals surface area contributed by atoms with Gasteiger partial charge in [0.1, 0.15) is 6.10 Å². The summed E-state index contributed by atoms with van der Waals surface area (Å²) < 4.78 is 9.59. The summed E-state index contributed by atoms with van der Waals surface area (Å²) in [6.45, 7) is 10.4. The molecule has 5 heteroatoms. The van der Waals surface area contributed by atoms with E-state index in [0.29, 0.717) is 0 Å². The molecule has 0 spiro atoms. The summed E-state index contributed by atoms with van der Waals surface area (Å²) in [5.74, 6) is 0.0856. The van der Waals surface area contributed by atoms with Gasteiger partial charge in [-0.05, 0) is 20.3 Å². The number of rotatable bonds is 0. The maximum atomic E-state index is 10.6. The van der Waals surface area contributed by atoms with Crippen molar-refractivity contribution >= 4 is 12.1 Å². The molecule has 2 rings (SSSR count). The van der Waals surface area contributed by atoms with Crippen LogP contribution in [0, 0.1) is 5.92 Å². The molecule has 2 aliphatic heterocycles. The van der Waals surface area contributed by atoms with Gasteiger partial charge in [-0.25, -0.2) is 4.79 Å². The summed E-state index contributed by atoms with van der Waals surface area (Å²) in [7, 11) is 1.73. The minimum Gasteiger partial charge on any atom is -0.462 e. The first kappa shape index (κ1) is 16.7. The van der Waals surface area contributed by atoms with E-state index in [1.807, 2.05) is 34.6 Å². The molecule has 2 saturated heterocycles. The summed E-state index contributed by atoms with van der Waals surface area (Å²) in [6.07, 6.45) is 0.904. The second-order valence-electron chi connectivity index (χ2n) is 4.46. The van der Waals surface area contributed by atoms with Crippen molar-refractivity contribution in [3.8, 4) is 0 Å². The van der Waals surface area contributed by atoms with Crippen LogP contribution >= 0.6 is 0 Å². The Labute approximate surface area is 109 Å². The Morgan fingerprint density at radius 2 is 1.61 bits per heavy atom. The highest BCUT2D eigenvalue weighted by atomic mass is 16.6. The monoisotopic (exact) mass is 259 g/mol. The molecule has 2 heterocycles. The Morgan fingerprint density at radius 1 is 1.06 bits per heavy atom. The largest absolute Gasteiger partial charge is 0.462 e. The zero-order valence-electron chi connectivity index (χ0n) is 12.2. The van der Waals surface area contributed by atoms with E-state index in [2.05, 4.69) is 0 Å². The van der Waals surface area contributed by atoms with Gasteiger partial charge in [-0.3, -0.25) is 4.79 Å². The van der Waals surface area contributed by atoms with Crippen LogP contribution in [0.1, 0.15) is 41.0 Å². The molecule has 0 aromatic rings. The fraction of sp³-hybridized carbons (Fsp3) is 0.846. The Morgan fingerprint density at radius 3 is 1.72 bits per heavy atom. The van der Waals surface area contributed by atoms with E-state index in [1.165, 1.54) is 0 Å². The van der Waals surface area contributed by atoms with Crippen LogP contribution in [0.2, 0.25) is 0 Å². The van der Waals surface area contributed by atoms with E-state index in [4.69, 9.17) is 9.47 Å². The molecule has 3 atom stereocenters. The molecule has 2 aliphatic rings. The zero-order valence-corrected chi connectivity index (χ0v) is 12.2. The highest BCUT2D eigenvalue weighted by Gasteiger charge is 2.27. The first-order chi connectivity index (χ1) is 8.40. The Hall–Kier alpha value is -1.26. The lowest BCUT2D eigenvalue weighted by atomic mass is 10.1. The number of hydrogen-bond acceptors (Lipinski definition) is 4. The average Bonchev–Trinajstić information content (AvgIpc) is 2.74. The molecular weight excluding hydrogens is 234 g/mol. The lowest BCUT2D eigenvalue weighted by Gasteiger charge is -1.99. The molecule has 0 aromatic heterocycles. The summed E-state index contributed by atoms with van der Waals surface area (Å²) in [4.78, 5) is 22.6. The van der Waals surface area contributed by atoms with Gasteiger partial charge in [-0.15, -0.1) is 0 Å². The van der Waals surface area contributed by atoms with Gasteiger partial charge >= 0.3 is 12.1 Å². The van der Waals surface area contributed by atoms with Gasteiger partial charge in [-0.1, -0.05) is 20.8 Å². The Bertz CT molecular complexity index is 252. The SMILES string of the molecule is CC.CC1C[C@H](C)OC1=O.C[C@H]1CN(C)C(=O)O1. The number of likely N-dealkylation sites (N-methyl/N-ethyl adjacent to an activating group) is 1. The van der Waals surface area contributed by atoms with Crippen molar-refractivity contribution in [3.63, 3.8) is 0 Å².